The van der Waals surface area contributed by atoms with Crippen LogP contribution in [0.15, 0.2) is 5.16 Å². The number of nitrogens with one attached hydrogen (secondary N) is 1. The van der Waals surface area contributed by atoms with Crippen LogP contribution < -0.4 is 5.32 Å². The molecular formula is C12H25N3O2S. The fraction of sp³-hybridized carbons (Fsp3) is 0.833. The zero-order valence-corrected chi connectivity index (χ0v) is 13.0. The first kappa shape index (κ1) is 17.2. The molecule has 0 saturated carbocycles. The fourth-order valence-electron chi connectivity index (χ4n) is 1.52. The van der Waals surface area contributed by atoms with Crippen molar-refractivity contribution in [3.05, 3.63) is 0 Å². The first-order chi connectivity index (χ1) is 8.23. The summed E-state index contributed by atoms with van der Waals surface area (Å²) in [4.78, 5) is 14.0. The predicted octanol–water partition coefficient (Wildman–Crippen LogP) is 1.48. The third-order valence-electron chi connectivity index (χ3n) is 2.51. The van der Waals surface area contributed by atoms with E-state index >= 15 is 0 Å². The van der Waals surface area contributed by atoms with Gasteiger partial charge in [0.15, 0.2) is 0 Å². The van der Waals surface area contributed by atoms with E-state index in [1.54, 1.807) is 7.05 Å². The molecule has 0 aromatic carbocycles. The van der Waals surface area contributed by atoms with Gasteiger partial charge in [0, 0.05) is 19.3 Å². The van der Waals surface area contributed by atoms with Gasteiger partial charge in [-0.05, 0) is 19.5 Å². The summed E-state index contributed by atoms with van der Waals surface area (Å²) in [6.07, 6.45) is 0. The molecule has 0 aromatic rings. The van der Waals surface area contributed by atoms with Gasteiger partial charge in [0.05, 0.1) is 5.92 Å². The predicted molar refractivity (Wildman–Crippen MR) is 77.2 cm³/mol. The Kier molecular flexibility index (Phi) is 7.32. The van der Waals surface area contributed by atoms with Crippen LogP contribution in [0.1, 0.15) is 20.8 Å². The van der Waals surface area contributed by atoms with Gasteiger partial charge in [-0.25, -0.2) is 0 Å². The number of carbonyl (C=O) groups excluding carboxylic acids is 1. The molecule has 1 amide bonds. The smallest absolute Gasteiger partial charge is 0.230 e. The molecule has 6 heteroatoms. The zero-order valence-electron chi connectivity index (χ0n) is 12.1. The second kappa shape index (κ2) is 7.63. The highest BCUT2D eigenvalue weighted by Gasteiger charge is 2.35. The molecule has 106 valence electrons. The van der Waals surface area contributed by atoms with Crippen molar-refractivity contribution in [2.45, 2.75) is 20.8 Å². The molecule has 0 fully saturated rings. The van der Waals surface area contributed by atoms with Crippen molar-refractivity contribution in [2.24, 2.45) is 16.5 Å². The Balaban J connectivity index is 4.80. The topological polar surface area (TPSA) is 64.9 Å². The molecule has 0 radical (unpaired) electrons. The van der Waals surface area contributed by atoms with E-state index in [-0.39, 0.29) is 11.3 Å². The van der Waals surface area contributed by atoms with Crippen molar-refractivity contribution in [1.29, 1.82) is 0 Å². The maximum atomic E-state index is 11.9. The van der Waals surface area contributed by atoms with Crippen LogP contribution in [0.5, 0.6) is 0 Å². The van der Waals surface area contributed by atoms with Crippen molar-refractivity contribution >= 4 is 22.7 Å². The standard InChI is InChI=1S/C12H25N3O2S/c1-12(2,3)9(10(16)13-4)11(14-17)18-8-7-15(5)6/h9,17H,7-8H2,1-6H3,(H,13,16)/b14-11-. The molecule has 18 heavy (non-hydrogen) atoms. The molecule has 1 unspecified atom stereocenters. The zero-order chi connectivity index (χ0) is 14.3. The minimum Gasteiger partial charge on any atom is -0.410 e. The van der Waals surface area contributed by atoms with Gasteiger partial charge in [-0.3, -0.25) is 4.79 Å². The molecule has 0 heterocycles. The lowest BCUT2D eigenvalue weighted by Gasteiger charge is -2.29. The maximum Gasteiger partial charge on any atom is 0.230 e. The van der Waals surface area contributed by atoms with Crippen LogP contribution in [0.25, 0.3) is 0 Å². The quantitative estimate of drug-likeness (QED) is 0.345. The summed E-state index contributed by atoms with van der Waals surface area (Å²) < 4.78 is 0. The highest BCUT2D eigenvalue weighted by molar-refractivity contribution is 8.14. The van der Waals surface area contributed by atoms with Crippen molar-refractivity contribution in [2.75, 3.05) is 33.4 Å². The van der Waals surface area contributed by atoms with Crippen LogP contribution in [-0.4, -0.2) is 54.5 Å². The third-order valence-corrected chi connectivity index (χ3v) is 3.51. The summed E-state index contributed by atoms with van der Waals surface area (Å²) in [5.41, 5.74) is -0.285. The second-order valence-electron chi connectivity index (χ2n) is 5.50. The molecule has 0 aliphatic rings. The monoisotopic (exact) mass is 275 g/mol. The Bertz CT molecular complexity index is 298. The minimum absolute atomic E-state index is 0.118. The average molecular weight is 275 g/mol. The summed E-state index contributed by atoms with van der Waals surface area (Å²) in [5, 5.41) is 15.6. The van der Waals surface area contributed by atoms with Gasteiger partial charge < -0.3 is 15.4 Å². The van der Waals surface area contributed by atoms with Crippen molar-refractivity contribution in [3.8, 4) is 0 Å². The van der Waals surface area contributed by atoms with Crippen molar-refractivity contribution in [3.63, 3.8) is 0 Å². The van der Waals surface area contributed by atoms with Gasteiger partial charge in [-0.2, -0.15) is 0 Å². The molecular weight excluding hydrogens is 250 g/mol. The van der Waals surface area contributed by atoms with E-state index in [1.807, 2.05) is 39.8 Å². The Hall–Kier alpha value is -0.750. The number of amides is 1. The molecule has 0 rings (SSSR count). The van der Waals surface area contributed by atoms with Crippen LogP contribution in [0.4, 0.5) is 0 Å². The highest BCUT2D eigenvalue weighted by atomic mass is 32.2. The lowest BCUT2D eigenvalue weighted by Crippen LogP contribution is -2.40. The SMILES string of the molecule is CNC(=O)C(/C(=N/O)SCCN(C)C)C(C)(C)C. The number of hydrogen-bond acceptors (Lipinski definition) is 5. The summed E-state index contributed by atoms with van der Waals surface area (Å²) in [7, 11) is 5.56. The lowest BCUT2D eigenvalue weighted by molar-refractivity contribution is -0.124. The highest BCUT2D eigenvalue weighted by Crippen LogP contribution is 2.31. The molecule has 0 saturated heterocycles. The van der Waals surface area contributed by atoms with E-state index in [0.717, 1.165) is 12.3 Å². The van der Waals surface area contributed by atoms with Crippen LogP contribution in [0.3, 0.4) is 0 Å². The van der Waals surface area contributed by atoms with Gasteiger partial charge >= 0.3 is 0 Å². The number of carbonyl (C=O) groups is 1. The number of thioether (sulfide) groups is 1. The van der Waals surface area contributed by atoms with E-state index in [1.165, 1.54) is 11.8 Å². The van der Waals surface area contributed by atoms with Crippen LogP contribution in [0, 0.1) is 11.3 Å². The third kappa shape index (κ3) is 5.73. The van der Waals surface area contributed by atoms with Gasteiger partial charge in [-0.1, -0.05) is 25.9 Å². The molecule has 5 nitrogen and oxygen atoms in total. The fourth-order valence-corrected chi connectivity index (χ4v) is 2.87. The van der Waals surface area contributed by atoms with Crippen molar-refractivity contribution in [1.82, 2.24) is 10.2 Å². The van der Waals surface area contributed by atoms with Crippen LogP contribution in [-0.2, 0) is 4.79 Å². The number of oxime groups is 1. The van der Waals surface area contributed by atoms with E-state index < -0.39 is 5.92 Å². The Morgan fingerprint density at radius 2 is 2.00 bits per heavy atom. The largest absolute Gasteiger partial charge is 0.410 e. The van der Waals surface area contributed by atoms with Gasteiger partial charge in [0.1, 0.15) is 5.04 Å². The summed E-state index contributed by atoms with van der Waals surface area (Å²) in [6.45, 7) is 6.76. The van der Waals surface area contributed by atoms with Crippen molar-refractivity contribution < 1.29 is 10.0 Å². The van der Waals surface area contributed by atoms with Gasteiger partial charge in [0.2, 0.25) is 5.91 Å². The summed E-state index contributed by atoms with van der Waals surface area (Å²) in [5.74, 6) is 0.239. The molecule has 0 aromatic heterocycles. The van der Waals surface area contributed by atoms with E-state index in [9.17, 15) is 4.79 Å². The first-order valence-electron chi connectivity index (χ1n) is 5.95. The number of nitrogens with zero attached hydrogens (tertiary/aromatic N) is 2. The molecule has 0 aliphatic heterocycles. The molecule has 1 atom stereocenters. The lowest BCUT2D eigenvalue weighted by atomic mass is 9.80. The Morgan fingerprint density at radius 1 is 1.44 bits per heavy atom. The second-order valence-corrected chi connectivity index (χ2v) is 6.62. The number of rotatable bonds is 5. The number of hydrogen-bond donors (Lipinski definition) is 2. The average Bonchev–Trinajstić information content (AvgIpc) is 2.24. The maximum absolute atomic E-state index is 11.9. The first-order valence-corrected chi connectivity index (χ1v) is 6.93. The molecule has 0 spiro atoms. The summed E-state index contributed by atoms with van der Waals surface area (Å²) in [6, 6.07) is 0. The Morgan fingerprint density at radius 3 is 2.33 bits per heavy atom. The minimum atomic E-state index is -0.431. The van der Waals surface area contributed by atoms with Crippen LogP contribution >= 0.6 is 11.8 Å². The summed E-state index contributed by atoms with van der Waals surface area (Å²) >= 11 is 1.43. The van der Waals surface area contributed by atoms with E-state index in [4.69, 9.17) is 5.21 Å². The normalized spacial score (nSPS) is 14.7. The van der Waals surface area contributed by atoms with Gasteiger partial charge in [-0.15, -0.1) is 11.8 Å². The van der Waals surface area contributed by atoms with Gasteiger partial charge in [0.25, 0.3) is 0 Å². The Labute approximate surface area is 114 Å². The van der Waals surface area contributed by atoms with E-state index in [0.29, 0.717) is 5.04 Å². The molecule has 0 aliphatic carbocycles. The van der Waals surface area contributed by atoms with E-state index in [2.05, 4.69) is 10.5 Å². The molecule has 0 bridgehead atoms. The van der Waals surface area contributed by atoms with Crippen LogP contribution in [0.2, 0.25) is 0 Å². The molecule has 2 N–H and O–H groups in total.